The van der Waals surface area contributed by atoms with E-state index in [4.69, 9.17) is 5.11 Å². The minimum Gasteiger partial charge on any atom is -0.481 e. The van der Waals surface area contributed by atoms with E-state index in [0.717, 1.165) is 0 Å². The molecule has 1 amide bonds. The SMILES string of the molecule is O=C(O)C[C@@H](NC(=O)C(F)(F)F)C1CC1. The van der Waals surface area contributed by atoms with E-state index in [2.05, 4.69) is 0 Å². The molecule has 0 unspecified atom stereocenters. The first-order valence-electron chi connectivity index (χ1n) is 4.40. The van der Waals surface area contributed by atoms with Crippen LogP contribution in [0.15, 0.2) is 0 Å². The van der Waals surface area contributed by atoms with Gasteiger partial charge >= 0.3 is 18.1 Å². The third-order valence-corrected chi connectivity index (χ3v) is 2.16. The molecular weight excluding hydrogens is 215 g/mol. The van der Waals surface area contributed by atoms with Gasteiger partial charge in [0.05, 0.1) is 6.42 Å². The molecule has 0 radical (unpaired) electrons. The van der Waals surface area contributed by atoms with Crippen molar-refractivity contribution in [3.05, 3.63) is 0 Å². The number of rotatable bonds is 4. The molecule has 0 aromatic heterocycles. The van der Waals surface area contributed by atoms with Gasteiger partial charge < -0.3 is 10.4 Å². The van der Waals surface area contributed by atoms with E-state index in [1.54, 1.807) is 5.32 Å². The van der Waals surface area contributed by atoms with Crippen molar-refractivity contribution in [2.24, 2.45) is 5.92 Å². The van der Waals surface area contributed by atoms with Crippen LogP contribution in [0.3, 0.4) is 0 Å². The highest BCUT2D eigenvalue weighted by atomic mass is 19.4. The van der Waals surface area contributed by atoms with Gasteiger partial charge in [0.15, 0.2) is 0 Å². The Balaban J connectivity index is 2.51. The number of hydrogen-bond donors (Lipinski definition) is 2. The fourth-order valence-electron chi connectivity index (χ4n) is 1.27. The first kappa shape index (κ1) is 11.8. The number of aliphatic carboxylic acids is 1. The highest BCUT2D eigenvalue weighted by Crippen LogP contribution is 2.34. The third-order valence-electron chi connectivity index (χ3n) is 2.16. The molecule has 4 nitrogen and oxygen atoms in total. The Hall–Kier alpha value is -1.27. The fraction of sp³-hybridized carbons (Fsp3) is 0.750. The van der Waals surface area contributed by atoms with Gasteiger partial charge in [-0.15, -0.1) is 0 Å². The Morgan fingerprint density at radius 1 is 1.40 bits per heavy atom. The van der Waals surface area contributed by atoms with Gasteiger partial charge in [-0.3, -0.25) is 9.59 Å². The molecule has 1 atom stereocenters. The largest absolute Gasteiger partial charge is 0.481 e. The lowest BCUT2D eigenvalue weighted by molar-refractivity contribution is -0.174. The lowest BCUT2D eigenvalue weighted by Crippen LogP contribution is -2.45. The van der Waals surface area contributed by atoms with E-state index in [1.807, 2.05) is 0 Å². The zero-order valence-electron chi connectivity index (χ0n) is 7.67. The summed E-state index contributed by atoms with van der Waals surface area (Å²) in [5, 5.41) is 10.1. The van der Waals surface area contributed by atoms with E-state index in [1.165, 1.54) is 0 Å². The molecule has 1 saturated carbocycles. The average molecular weight is 225 g/mol. The van der Waals surface area contributed by atoms with Gasteiger partial charge in [-0.1, -0.05) is 0 Å². The normalized spacial score (nSPS) is 18.3. The van der Waals surface area contributed by atoms with E-state index >= 15 is 0 Å². The van der Waals surface area contributed by atoms with Gasteiger partial charge in [0.25, 0.3) is 0 Å². The van der Waals surface area contributed by atoms with Crippen molar-refractivity contribution in [3.63, 3.8) is 0 Å². The van der Waals surface area contributed by atoms with Crippen LogP contribution < -0.4 is 5.32 Å². The van der Waals surface area contributed by atoms with Crippen LogP contribution >= 0.6 is 0 Å². The number of carboxylic acids is 1. The highest BCUT2D eigenvalue weighted by Gasteiger charge is 2.42. The summed E-state index contributed by atoms with van der Waals surface area (Å²) in [7, 11) is 0. The van der Waals surface area contributed by atoms with Crippen LogP contribution in [-0.4, -0.2) is 29.2 Å². The van der Waals surface area contributed by atoms with Crippen LogP contribution in [0.4, 0.5) is 13.2 Å². The van der Waals surface area contributed by atoms with Gasteiger partial charge in [-0.2, -0.15) is 13.2 Å². The number of hydrogen-bond acceptors (Lipinski definition) is 2. The summed E-state index contributed by atoms with van der Waals surface area (Å²) >= 11 is 0. The number of carboxylic acid groups (broad SMARTS) is 1. The minimum absolute atomic E-state index is 0.132. The zero-order valence-corrected chi connectivity index (χ0v) is 7.67. The van der Waals surface area contributed by atoms with Gasteiger partial charge in [-0.05, 0) is 18.8 Å². The smallest absolute Gasteiger partial charge is 0.471 e. The second-order valence-electron chi connectivity index (χ2n) is 3.51. The van der Waals surface area contributed by atoms with E-state index in [-0.39, 0.29) is 5.92 Å². The molecule has 0 bridgehead atoms. The van der Waals surface area contributed by atoms with Crippen molar-refractivity contribution in [2.45, 2.75) is 31.5 Å². The minimum atomic E-state index is -4.95. The van der Waals surface area contributed by atoms with Crippen molar-refractivity contribution in [3.8, 4) is 0 Å². The molecule has 15 heavy (non-hydrogen) atoms. The maximum absolute atomic E-state index is 11.9. The summed E-state index contributed by atoms with van der Waals surface area (Å²) in [5.41, 5.74) is 0. The number of amides is 1. The molecule has 1 fully saturated rings. The molecular formula is C8H10F3NO3. The second-order valence-corrected chi connectivity index (χ2v) is 3.51. The third kappa shape index (κ3) is 3.77. The Kier molecular flexibility index (Phi) is 3.21. The lowest BCUT2D eigenvalue weighted by atomic mass is 10.1. The topological polar surface area (TPSA) is 66.4 Å². The van der Waals surface area contributed by atoms with Gasteiger partial charge in [-0.25, -0.2) is 0 Å². The molecule has 0 aromatic carbocycles. The molecule has 1 rings (SSSR count). The summed E-state index contributed by atoms with van der Waals surface area (Å²) in [6, 6.07) is -0.906. The summed E-state index contributed by atoms with van der Waals surface area (Å²) in [4.78, 5) is 20.9. The maximum Gasteiger partial charge on any atom is 0.471 e. The van der Waals surface area contributed by atoms with E-state index in [9.17, 15) is 22.8 Å². The Bertz CT molecular complexity index is 273. The second kappa shape index (κ2) is 4.08. The molecule has 1 aliphatic rings. The first-order valence-corrected chi connectivity index (χ1v) is 4.40. The number of nitrogens with one attached hydrogen (secondary N) is 1. The van der Waals surface area contributed by atoms with Crippen LogP contribution in [0, 0.1) is 5.92 Å². The van der Waals surface area contributed by atoms with Crippen molar-refractivity contribution < 1.29 is 27.9 Å². The van der Waals surface area contributed by atoms with E-state index in [0.29, 0.717) is 12.8 Å². The van der Waals surface area contributed by atoms with E-state index < -0.39 is 30.5 Å². The van der Waals surface area contributed by atoms with Gasteiger partial charge in [0.2, 0.25) is 0 Å². The van der Waals surface area contributed by atoms with Crippen LogP contribution in [0.25, 0.3) is 0 Å². The molecule has 0 heterocycles. The highest BCUT2D eigenvalue weighted by molar-refractivity contribution is 5.82. The Morgan fingerprint density at radius 3 is 2.27 bits per heavy atom. The molecule has 0 aromatic rings. The van der Waals surface area contributed by atoms with Crippen LogP contribution in [0.5, 0.6) is 0 Å². The quantitative estimate of drug-likeness (QED) is 0.747. The maximum atomic E-state index is 11.9. The average Bonchev–Trinajstić information content (AvgIpc) is 2.81. The monoisotopic (exact) mass is 225 g/mol. The predicted octanol–water partition coefficient (Wildman–Crippen LogP) is 0.918. The van der Waals surface area contributed by atoms with Crippen LogP contribution in [-0.2, 0) is 9.59 Å². The fourth-order valence-corrected chi connectivity index (χ4v) is 1.27. The molecule has 0 saturated heterocycles. The van der Waals surface area contributed by atoms with Crippen LogP contribution in [0.2, 0.25) is 0 Å². The number of halogens is 3. The number of carbonyl (C=O) groups excluding carboxylic acids is 1. The van der Waals surface area contributed by atoms with Crippen molar-refractivity contribution in [1.82, 2.24) is 5.32 Å². The summed E-state index contributed by atoms with van der Waals surface area (Å²) in [6.45, 7) is 0. The lowest BCUT2D eigenvalue weighted by Gasteiger charge is -2.17. The Morgan fingerprint density at radius 2 is 1.93 bits per heavy atom. The molecule has 0 aliphatic heterocycles. The van der Waals surface area contributed by atoms with Gasteiger partial charge in [0, 0.05) is 6.04 Å². The summed E-state index contributed by atoms with van der Waals surface area (Å²) in [6.07, 6.45) is -4.09. The van der Waals surface area contributed by atoms with Gasteiger partial charge in [0.1, 0.15) is 0 Å². The number of alkyl halides is 3. The van der Waals surface area contributed by atoms with Crippen molar-refractivity contribution in [1.29, 1.82) is 0 Å². The number of carbonyl (C=O) groups is 2. The molecule has 0 spiro atoms. The molecule has 1 aliphatic carbocycles. The van der Waals surface area contributed by atoms with Crippen molar-refractivity contribution in [2.75, 3.05) is 0 Å². The standard InChI is InChI=1S/C8H10F3NO3/c9-8(10,11)7(15)12-5(3-6(13)14)4-1-2-4/h4-5H,1-3H2,(H,12,15)(H,13,14)/t5-/m1/s1. The molecule has 86 valence electrons. The Labute approximate surface area is 83.5 Å². The summed E-state index contributed by atoms with van der Waals surface area (Å²) < 4.78 is 35.6. The first-order chi connectivity index (χ1) is 6.80. The summed E-state index contributed by atoms with van der Waals surface area (Å²) in [5.74, 6) is -3.41. The molecule has 2 N–H and O–H groups in total. The molecule has 7 heteroatoms. The van der Waals surface area contributed by atoms with Crippen LogP contribution in [0.1, 0.15) is 19.3 Å². The zero-order chi connectivity index (χ0) is 11.6. The predicted molar refractivity (Wildman–Crippen MR) is 43.0 cm³/mol. The van der Waals surface area contributed by atoms with Crippen molar-refractivity contribution >= 4 is 11.9 Å².